The molecule has 0 fully saturated rings. The Kier molecular flexibility index (Phi) is 4.85. The predicted molar refractivity (Wildman–Crippen MR) is 106 cm³/mol. The van der Waals surface area contributed by atoms with E-state index < -0.39 is 0 Å². The number of phenols is 1. The van der Waals surface area contributed by atoms with E-state index in [1.807, 2.05) is 46.7 Å². The molecule has 3 aromatic rings. The minimum Gasteiger partial charge on any atom is -0.507 e. The average Bonchev–Trinajstić information content (AvgIpc) is 3.30. The van der Waals surface area contributed by atoms with Gasteiger partial charge in [-0.1, -0.05) is 42.1 Å². The van der Waals surface area contributed by atoms with Gasteiger partial charge in [-0.15, -0.1) is 10.2 Å². The lowest BCUT2D eigenvalue weighted by atomic mass is 10.2. The first-order chi connectivity index (χ1) is 13.2. The SMILES string of the molecule is CCn1c(SCC(=O)N2CCc3ccccc32)nnc1-c1ccccc1O. The summed E-state index contributed by atoms with van der Waals surface area (Å²) in [4.78, 5) is 14.6. The summed E-state index contributed by atoms with van der Waals surface area (Å²) in [6.07, 6.45) is 0.898. The Morgan fingerprint density at radius 3 is 2.74 bits per heavy atom. The van der Waals surface area contributed by atoms with Crippen LogP contribution in [0.1, 0.15) is 12.5 Å². The number of carbonyl (C=O) groups is 1. The largest absolute Gasteiger partial charge is 0.507 e. The molecule has 1 aliphatic rings. The van der Waals surface area contributed by atoms with E-state index >= 15 is 0 Å². The lowest BCUT2D eigenvalue weighted by molar-refractivity contribution is -0.116. The van der Waals surface area contributed by atoms with Crippen LogP contribution >= 0.6 is 11.8 Å². The van der Waals surface area contributed by atoms with E-state index in [-0.39, 0.29) is 11.7 Å². The molecule has 0 bridgehead atoms. The van der Waals surface area contributed by atoms with Gasteiger partial charge in [0, 0.05) is 18.8 Å². The predicted octanol–water partition coefficient (Wildman–Crippen LogP) is 3.35. The van der Waals surface area contributed by atoms with Gasteiger partial charge in [0.1, 0.15) is 5.75 Å². The highest BCUT2D eigenvalue weighted by Crippen LogP contribution is 2.31. The second kappa shape index (κ2) is 7.44. The van der Waals surface area contributed by atoms with Crippen molar-refractivity contribution in [2.75, 3.05) is 17.2 Å². The van der Waals surface area contributed by atoms with Crippen molar-refractivity contribution < 1.29 is 9.90 Å². The summed E-state index contributed by atoms with van der Waals surface area (Å²) < 4.78 is 1.92. The molecule has 0 saturated carbocycles. The van der Waals surface area contributed by atoms with Crippen LogP contribution in [0.15, 0.2) is 53.7 Å². The number of nitrogens with zero attached hydrogens (tertiary/aromatic N) is 4. The Balaban J connectivity index is 1.51. The number of thioether (sulfide) groups is 1. The van der Waals surface area contributed by atoms with Crippen LogP contribution in [0.5, 0.6) is 5.75 Å². The van der Waals surface area contributed by atoms with Gasteiger partial charge in [0.2, 0.25) is 5.91 Å². The third kappa shape index (κ3) is 3.30. The number of aromatic hydroxyl groups is 1. The number of para-hydroxylation sites is 2. The molecule has 7 heteroatoms. The zero-order valence-electron chi connectivity index (χ0n) is 15.0. The van der Waals surface area contributed by atoms with Crippen LogP contribution in [0.2, 0.25) is 0 Å². The monoisotopic (exact) mass is 380 g/mol. The molecule has 4 rings (SSSR count). The minimum absolute atomic E-state index is 0.0692. The number of benzene rings is 2. The van der Waals surface area contributed by atoms with Crippen molar-refractivity contribution in [3.8, 4) is 17.1 Å². The zero-order chi connectivity index (χ0) is 18.8. The van der Waals surface area contributed by atoms with Gasteiger partial charge in [-0.3, -0.25) is 4.79 Å². The molecule has 1 aliphatic heterocycles. The van der Waals surface area contributed by atoms with E-state index in [1.165, 1.54) is 17.3 Å². The first kappa shape index (κ1) is 17.6. The standard InChI is InChI=1S/C20H20N4O2S/c1-2-23-19(15-8-4-6-10-17(15)25)21-22-20(23)27-13-18(26)24-12-11-14-7-3-5-9-16(14)24/h3-10,25H,2,11-13H2,1H3. The Morgan fingerprint density at radius 2 is 1.93 bits per heavy atom. The minimum atomic E-state index is 0.0692. The first-order valence-electron chi connectivity index (χ1n) is 8.91. The fourth-order valence-corrected chi connectivity index (χ4v) is 4.22. The van der Waals surface area contributed by atoms with Crippen molar-refractivity contribution in [3.63, 3.8) is 0 Å². The third-order valence-corrected chi connectivity index (χ3v) is 5.64. The number of phenolic OH excluding ortho intramolecular Hbond substituents is 1. The highest BCUT2D eigenvalue weighted by molar-refractivity contribution is 7.99. The van der Waals surface area contributed by atoms with Crippen molar-refractivity contribution in [1.82, 2.24) is 14.8 Å². The van der Waals surface area contributed by atoms with Crippen LogP contribution in [-0.2, 0) is 17.8 Å². The van der Waals surface area contributed by atoms with Crippen molar-refractivity contribution in [1.29, 1.82) is 0 Å². The van der Waals surface area contributed by atoms with Gasteiger partial charge in [-0.25, -0.2) is 0 Å². The zero-order valence-corrected chi connectivity index (χ0v) is 15.8. The van der Waals surface area contributed by atoms with E-state index in [9.17, 15) is 9.90 Å². The van der Waals surface area contributed by atoms with E-state index in [2.05, 4.69) is 16.3 Å². The molecule has 6 nitrogen and oxygen atoms in total. The lowest BCUT2D eigenvalue weighted by Crippen LogP contribution is -2.30. The molecule has 0 saturated heterocycles. The molecule has 0 atom stereocenters. The molecule has 2 aromatic carbocycles. The van der Waals surface area contributed by atoms with Crippen molar-refractivity contribution in [2.45, 2.75) is 25.0 Å². The van der Waals surface area contributed by atoms with Crippen LogP contribution in [0.3, 0.4) is 0 Å². The van der Waals surface area contributed by atoms with Crippen molar-refractivity contribution in [2.24, 2.45) is 0 Å². The summed E-state index contributed by atoms with van der Waals surface area (Å²) in [6.45, 7) is 3.37. The number of hydrogen-bond donors (Lipinski definition) is 1. The van der Waals surface area contributed by atoms with E-state index in [4.69, 9.17) is 0 Å². The van der Waals surface area contributed by atoms with Gasteiger partial charge < -0.3 is 14.6 Å². The number of fused-ring (bicyclic) bond motifs is 1. The highest BCUT2D eigenvalue weighted by atomic mass is 32.2. The van der Waals surface area contributed by atoms with Crippen LogP contribution in [0.25, 0.3) is 11.4 Å². The number of amides is 1. The van der Waals surface area contributed by atoms with Crippen LogP contribution in [-0.4, -0.2) is 38.1 Å². The molecule has 1 amide bonds. The van der Waals surface area contributed by atoms with Crippen LogP contribution in [0, 0.1) is 0 Å². The Labute approximate surface area is 161 Å². The molecular weight excluding hydrogens is 360 g/mol. The lowest BCUT2D eigenvalue weighted by Gasteiger charge is -2.17. The molecule has 1 aromatic heterocycles. The average molecular weight is 380 g/mol. The Morgan fingerprint density at radius 1 is 1.15 bits per heavy atom. The van der Waals surface area contributed by atoms with Gasteiger partial charge in [0.15, 0.2) is 11.0 Å². The van der Waals surface area contributed by atoms with Gasteiger partial charge in [0.25, 0.3) is 0 Å². The second-order valence-electron chi connectivity index (χ2n) is 6.28. The fraction of sp³-hybridized carbons (Fsp3) is 0.250. The smallest absolute Gasteiger partial charge is 0.237 e. The summed E-state index contributed by atoms with van der Waals surface area (Å²) in [5.41, 5.74) is 2.86. The maximum Gasteiger partial charge on any atom is 0.237 e. The van der Waals surface area contributed by atoms with Crippen LogP contribution in [0.4, 0.5) is 5.69 Å². The molecule has 0 spiro atoms. The van der Waals surface area contributed by atoms with E-state index in [1.54, 1.807) is 12.1 Å². The van der Waals surface area contributed by atoms with Gasteiger partial charge in [-0.2, -0.15) is 0 Å². The summed E-state index contributed by atoms with van der Waals surface area (Å²) in [5.74, 6) is 1.14. The highest BCUT2D eigenvalue weighted by Gasteiger charge is 2.25. The quantitative estimate of drug-likeness (QED) is 0.688. The molecule has 0 unspecified atom stereocenters. The Bertz CT molecular complexity index is 986. The maximum atomic E-state index is 12.7. The summed E-state index contributed by atoms with van der Waals surface area (Å²) in [5, 5.41) is 19.3. The molecule has 0 aliphatic carbocycles. The molecule has 27 heavy (non-hydrogen) atoms. The maximum absolute atomic E-state index is 12.7. The molecular formula is C20H20N4O2S. The summed E-state index contributed by atoms with van der Waals surface area (Å²) >= 11 is 1.38. The van der Waals surface area contributed by atoms with Crippen molar-refractivity contribution in [3.05, 3.63) is 54.1 Å². The number of hydrogen-bond acceptors (Lipinski definition) is 5. The Hall–Kier alpha value is -2.80. The number of anilines is 1. The molecule has 2 heterocycles. The van der Waals surface area contributed by atoms with Crippen LogP contribution < -0.4 is 4.90 Å². The van der Waals surface area contributed by atoms with Gasteiger partial charge >= 0.3 is 0 Å². The number of aromatic nitrogens is 3. The number of carbonyl (C=O) groups excluding carboxylic acids is 1. The van der Waals surface area contributed by atoms with E-state index in [0.717, 1.165) is 18.7 Å². The number of rotatable bonds is 5. The molecule has 138 valence electrons. The fourth-order valence-electron chi connectivity index (χ4n) is 3.34. The normalized spacial score (nSPS) is 13.0. The third-order valence-electron chi connectivity index (χ3n) is 4.69. The van der Waals surface area contributed by atoms with E-state index in [0.29, 0.717) is 28.8 Å². The topological polar surface area (TPSA) is 71.2 Å². The van der Waals surface area contributed by atoms with Crippen molar-refractivity contribution >= 4 is 23.4 Å². The summed E-state index contributed by atoms with van der Waals surface area (Å²) in [7, 11) is 0. The second-order valence-corrected chi connectivity index (χ2v) is 7.22. The first-order valence-corrected chi connectivity index (χ1v) is 9.90. The van der Waals surface area contributed by atoms with Gasteiger partial charge in [-0.05, 0) is 37.1 Å². The molecule has 0 radical (unpaired) electrons. The summed E-state index contributed by atoms with van der Waals surface area (Å²) in [6, 6.07) is 15.1. The molecule has 1 N–H and O–H groups in total. The van der Waals surface area contributed by atoms with Gasteiger partial charge in [0.05, 0.1) is 11.3 Å².